The molecule has 2 aliphatic heterocycles. The number of benzene rings is 1. The van der Waals surface area contributed by atoms with Crippen molar-refractivity contribution in [2.75, 3.05) is 0 Å². The van der Waals surface area contributed by atoms with Gasteiger partial charge in [0.2, 0.25) is 10.0 Å². The molecule has 0 aromatic heterocycles. The van der Waals surface area contributed by atoms with Gasteiger partial charge in [0.1, 0.15) is 0 Å². The molecule has 1 aromatic carbocycles. The molecule has 2 atom stereocenters. The van der Waals surface area contributed by atoms with Gasteiger partial charge in [-0.05, 0) is 43.9 Å². The minimum atomic E-state index is -4.70. The Hall–Kier alpha value is -1.63. The summed E-state index contributed by atoms with van der Waals surface area (Å²) < 4.78 is 65.9. The lowest BCUT2D eigenvalue weighted by Crippen LogP contribution is -2.47. The van der Waals surface area contributed by atoms with Crippen LogP contribution in [0.2, 0.25) is 0 Å². The molecule has 2 aliphatic rings. The van der Waals surface area contributed by atoms with Crippen LogP contribution in [0.15, 0.2) is 23.1 Å². The first-order valence-electron chi connectivity index (χ1n) is 7.59. The van der Waals surface area contributed by atoms with Crippen molar-refractivity contribution in [2.24, 2.45) is 0 Å². The molecule has 2 heterocycles. The molecule has 0 radical (unpaired) electrons. The number of nitrogens with one attached hydrogen (secondary N) is 2. The fourth-order valence-corrected chi connectivity index (χ4v) is 4.76. The predicted molar refractivity (Wildman–Crippen MR) is 79.4 cm³/mol. The van der Waals surface area contributed by atoms with Gasteiger partial charge in [-0.25, -0.2) is 13.1 Å². The van der Waals surface area contributed by atoms with E-state index < -0.39 is 27.3 Å². The van der Waals surface area contributed by atoms with Crippen molar-refractivity contribution >= 4 is 10.0 Å². The zero-order valence-corrected chi connectivity index (χ0v) is 13.4. The highest BCUT2D eigenvalue weighted by atomic mass is 32.2. The zero-order valence-electron chi connectivity index (χ0n) is 12.6. The Morgan fingerprint density at radius 1 is 1.21 bits per heavy atom. The third-order valence-corrected chi connectivity index (χ3v) is 6.04. The van der Waals surface area contributed by atoms with Gasteiger partial charge in [-0.3, -0.25) is 0 Å². The lowest BCUT2D eigenvalue weighted by Gasteiger charge is -2.29. The van der Waals surface area contributed by atoms with Crippen LogP contribution in [-0.2, 0) is 16.2 Å². The summed E-state index contributed by atoms with van der Waals surface area (Å²) in [4.78, 5) is -0.321. The van der Waals surface area contributed by atoms with Crippen molar-refractivity contribution in [1.82, 2.24) is 10.0 Å². The molecule has 2 saturated heterocycles. The quantitative estimate of drug-likeness (QED) is 0.866. The summed E-state index contributed by atoms with van der Waals surface area (Å²) in [5.41, 5.74) is -1.83. The van der Waals surface area contributed by atoms with E-state index in [1.54, 1.807) is 0 Å². The van der Waals surface area contributed by atoms with E-state index in [0.717, 1.165) is 25.0 Å². The number of rotatable bonds is 3. The van der Waals surface area contributed by atoms with Gasteiger partial charge in [0, 0.05) is 18.1 Å². The highest BCUT2D eigenvalue weighted by Gasteiger charge is 2.37. The predicted octanol–water partition coefficient (Wildman–Crippen LogP) is 2.14. The Bertz CT molecular complexity index is 774. The Kier molecular flexibility index (Phi) is 4.32. The average molecular weight is 359 g/mol. The van der Waals surface area contributed by atoms with Gasteiger partial charge in [0.05, 0.1) is 22.1 Å². The van der Waals surface area contributed by atoms with Gasteiger partial charge in [0.25, 0.3) is 0 Å². The first-order chi connectivity index (χ1) is 11.2. The minimum Gasteiger partial charge on any atom is -0.311 e. The van der Waals surface area contributed by atoms with Crippen LogP contribution in [0.25, 0.3) is 0 Å². The molecule has 3 rings (SSSR count). The second kappa shape index (κ2) is 6.02. The lowest BCUT2D eigenvalue weighted by molar-refractivity contribution is -0.137. The van der Waals surface area contributed by atoms with Crippen molar-refractivity contribution in [3.63, 3.8) is 0 Å². The Balaban J connectivity index is 1.83. The van der Waals surface area contributed by atoms with E-state index in [1.165, 1.54) is 6.07 Å². The molecule has 2 fully saturated rings. The Morgan fingerprint density at radius 3 is 2.38 bits per heavy atom. The molecule has 0 spiro atoms. The normalized spacial score (nSPS) is 27.0. The van der Waals surface area contributed by atoms with E-state index in [2.05, 4.69) is 10.0 Å². The fraction of sp³-hybridized carbons (Fsp3) is 0.533. The van der Waals surface area contributed by atoms with Crippen LogP contribution in [0.3, 0.4) is 0 Å². The summed E-state index contributed by atoms with van der Waals surface area (Å²) in [7, 11) is -3.97. The summed E-state index contributed by atoms with van der Waals surface area (Å²) in [6, 6.07) is 4.03. The van der Waals surface area contributed by atoms with Gasteiger partial charge >= 0.3 is 6.18 Å². The molecule has 2 unspecified atom stereocenters. The van der Waals surface area contributed by atoms with Crippen molar-refractivity contribution < 1.29 is 21.6 Å². The smallest absolute Gasteiger partial charge is 0.311 e. The van der Waals surface area contributed by atoms with Crippen molar-refractivity contribution in [1.29, 1.82) is 5.26 Å². The van der Waals surface area contributed by atoms with Gasteiger partial charge in [-0.1, -0.05) is 0 Å². The van der Waals surface area contributed by atoms with E-state index in [0.29, 0.717) is 18.9 Å². The molecule has 9 heteroatoms. The zero-order chi connectivity index (χ0) is 17.5. The summed E-state index contributed by atoms with van der Waals surface area (Å²) >= 11 is 0. The largest absolute Gasteiger partial charge is 0.417 e. The molecule has 2 bridgehead atoms. The number of halogens is 3. The highest BCUT2D eigenvalue weighted by molar-refractivity contribution is 7.89. The topological polar surface area (TPSA) is 82.0 Å². The SMILES string of the molecule is N#Cc1cc(S(=O)(=O)NC2CC3CCC(C2)N3)ccc1C(F)(F)F. The van der Waals surface area contributed by atoms with Crippen molar-refractivity contribution in [3.8, 4) is 6.07 Å². The molecule has 0 aliphatic carbocycles. The number of nitriles is 1. The molecular weight excluding hydrogens is 343 g/mol. The van der Waals surface area contributed by atoms with Crippen LogP contribution in [0, 0.1) is 11.3 Å². The second-order valence-electron chi connectivity index (χ2n) is 6.24. The van der Waals surface area contributed by atoms with Gasteiger partial charge < -0.3 is 5.32 Å². The van der Waals surface area contributed by atoms with Crippen LogP contribution < -0.4 is 10.0 Å². The number of alkyl halides is 3. The van der Waals surface area contributed by atoms with E-state index in [1.807, 2.05) is 0 Å². The summed E-state index contributed by atoms with van der Waals surface area (Å²) in [5.74, 6) is 0. The molecule has 130 valence electrons. The molecule has 0 saturated carbocycles. The summed E-state index contributed by atoms with van der Waals surface area (Å²) in [5, 5.41) is 12.3. The third-order valence-electron chi connectivity index (χ3n) is 4.52. The van der Waals surface area contributed by atoms with Gasteiger partial charge in [-0.2, -0.15) is 18.4 Å². The number of hydrogen-bond donors (Lipinski definition) is 2. The Morgan fingerprint density at radius 2 is 1.83 bits per heavy atom. The molecule has 5 nitrogen and oxygen atoms in total. The fourth-order valence-electron chi connectivity index (χ4n) is 3.47. The van der Waals surface area contributed by atoms with Gasteiger partial charge in [0.15, 0.2) is 0 Å². The van der Waals surface area contributed by atoms with Crippen LogP contribution in [0.1, 0.15) is 36.8 Å². The summed E-state index contributed by atoms with van der Waals surface area (Å²) in [6.45, 7) is 0. The molecular formula is C15H16F3N3O2S. The van der Waals surface area contributed by atoms with Crippen LogP contribution in [0.5, 0.6) is 0 Å². The molecule has 1 aromatic rings. The van der Waals surface area contributed by atoms with E-state index >= 15 is 0 Å². The maximum Gasteiger partial charge on any atom is 0.417 e. The van der Waals surface area contributed by atoms with Crippen molar-refractivity contribution in [3.05, 3.63) is 29.3 Å². The van der Waals surface area contributed by atoms with Crippen LogP contribution in [0.4, 0.5) is 13.2 Å². The Labute approximate surface area is 137 Å². The van der Waals surface area contributed by atoms with E-state index in [9.17, 15) is 21.6 Å². The first kappa shape index (κ1) is 17.2. The van der Waals surface area contributed by atoms with E-state index in [4.69, 9.17) is 5.26 Å². The maximum absolute atomic E-state index is 12.8. The monoisotopic (exact) mass is 359 g/mol. The lowest BCUT2D eigenvalue weighted by atomic mass is 10.0. The number of fused-ring (bicyclic) bond motifs is 2. The number of piperidine rings is 1. The first-order valence-corrected chi connectivity index (χ1v) is 9.07. The number of hydrogen-bond acceptors (Lipinski definition) is 4. The van der Waals surface area contributed by atoms with Crippen LogP contribution in [-0.4, -0.2) is 26.5 Å². The maximum atomic E-state index is 12.8. The molecule has 2 N–H and O–H groups in total. The third kappa shape index (κ3) is 3.41. The summed E-state index contributed by atoms with van der Waals surface area (Å²) in [6.07, 6.45) is -1.39. The van der Waals surface area contributed by atoms with Crippen LogP contribution >= 0.6 is 0 Å². The average Bonchev–Trinajstić information content (AvgIpc) is 2.84. The van der Waals surface area contributed by atoms with Gasteiger partial charge in [-0.15, -0.1) is 0 Å². The molecule has 24 heavy (non-hydrogen) atoms. The standard InChI is InChI=1S/C15H16F3N3O2S/c16-15(17,18)14-4-3-13(5-9(14)8-19)24(22,23)21-12-6-10-1-2-11(7-12)20-10/h3-5,10-12,20-21H,1-2,6-7H2. The van der Waals surface area contributed by atoms with E-state index in [-0.39, 0.29) is 23.0 Å². The highest BCUT2D eigenvalue weighted by Crippen LogP contribution is 2.33. The molecule has 0 amide bonds. The number of nitrogens with zero attached hydrogens (tertiary/aromatic N) is 1. The second-order valence-corrected chi connectivity index (χ2v) is 7.96. The minimum absolute atomic E-state index is 0.249. The van der Waals surface area contributed by atoms with Crippen molar-refractivity contribution in [2.45, 2.75) is 54.9 Å². The number of sulfonamides is 1.